The Bertz CT molecular complexity index is 602. The molecule has 110 valence electrons. The first kappa shape index (κ1) is 14.9. The molecule has 0 aromatic heterocycles. The fourth-order valence-electron chi connectivity index (χ4n) is 2.29. The number of rotatable bonds is 3. The lowest BCUT2D eigenvalue weighted by Gasteiger charge is -2.42. The van der Waals surface area contributed by atoms with Crippen LogP contribution in [0.15, 0.2) is 24.3 Å². The van der Waals surface area contributed by atoms with E-state index in [4.69, 9.17) is 10.4 Å². The molecule has 6 heteroatoms. The van der Waals surface area contributed by atoms with Crippen LogP contribution in [0.5, 0.6) is 0 Å². The molecular weight excluding hydrogens is 270 g/mol. The molecule has 0 radical (unpaired) electrons. The number of nitriles is 1. The number of benzene rings is 1. The van der Waals surface area contributed by atoms with Crippen molar-refractivity contribution >= 4 is 17.7 Å². The standard InChI is InChI=1S/C15H17N3O3/c1-10(14(19)20)12-8-18(9-12)15(21)17(2)13-5-3-4-11(6-13)7-16/h3-6,10,12H,8-9H2,1-2H3,(H,19,20). The molecule has 0 aliphatic carbocycles. The van der Waals surface area contributed by atoms with Gasteiger partial charge >= 0.3 is 12.0 Å². The van der Waals surface area contributed by atoms with Crippen LogP contribution in [0.3, 0.4) is 0 Å². The van der Waals surface area contributed by atoms with Gasteiger partial charge in [-0.05, 0) is 18.2 Å². The topological polar surface area (TPSA) is 84.6 Å². The lowest BCUT2D eigenvalue weighted by atomic mass is 9.87. The minimum absolute atomic E-state index is 0.00490. The summed E-state index contributed by atoms with van der Waals surface area (Å²) < 4.78 is 0. The Labute approximate surface area is 123 Å². The molecule has 6 nitrogen and oxygen atoms in total. The summed E-state index contributed by atoms with van der Waals surface area (Å²) >= 11 is 0. The molecule has 1 aromatic rings. The number of carboxylic acid groups (broad SMARTS) is 1. The Morgan fingerprint density at radius 1 is 1.48 bits per heavy atom. The van der Waals surface area contributed by atoms with Crippen LogP contribution < -0.4 is 4.90 Å². The third-order valence-corrected chi connectivity index (χ3v) is 3.93. The van der Waals surface area contributed by atoms with Crippen LogP contribution in [0.2, 0.25) is 0 Å². The Morgan fingerprint density at radius 2 is 2.14 bits per heavy atom. The molecule has 1 unspecified atom stereocenters. The number of urea groups is 1. The summed E-state index contributed by atoms with van der Waals surface area (Å²) in [6.45, 7) is 2.57. The van der Waals surface area contributed by atoms with Crippen molar-refractivity contribution in [2.75, 3.05) is 25.0 Å². The highest BCUT2D eigenvalue weighted by Gasteiger charge is 2.38. The van der Waals surface area contributed by atoms with Crippen LogP contribution >= 0.6 is 0 Å². The van der Waals surface area contributed by atoms with Gasteiger partial charge in [0.2, 0.25) is 0 Å². The quantitative estimate of drug-likeness (QED) is 0.918. The second-order valence-corrected chi connectivity index (χ2v) is 5.30. The Morgan fingerprint density at radius 3 is 2.71 bits per heavy atom. The van der Waals surface area contributed by atoms with Crippen LogP contribution in [0, 0.1) is 23.2 Å². The molecule has 1 aliphatic heterocycles. The van der Waals surface area contributed by atoms with Crippen molar-refractivity contribution in [1.82, 2.24) is 4.90 Å². The number of amides is 2. The maximum atomic E-state index is 12.3. The number of carbonyl (C=O) groups is 2. The van der Waals surface area contributed by atoms with Crippen molar-refractivity contribution in [2.24, 2.45) is 11.8 Å². The zero-order chi connectivity index (χ0) is 15.6. The average Bonchev–Trinajstić information content (AvgIpc) is 2.44. The first-order valence-corrected chi connectivity index (χ1v) is 6.69. The number of carbonyl (C=O) groups excluding carboxylic acids is 1. The van der Waals surface area contributed by atoms with E-state index < -0.39 is 11.9 Å². The molecule has 2 rings (SSSR count). The Kier molecular flexibility index (Phi) is 4.13. The zero-order valence-electron chi connectivity index (χ0n) is 12.0. The predicted molar refractivity (Wildman–Crippen MR) is 76.8 cm³/mol. The van der Waals surface area contributed by atoms with Crippen molar-refractivity contribution in [3.05, 3.63) is 29.8 Å². The molecular formula is C15H17N3O3. The molecule has 1 atom stereocenters. The molecule has 1 N–H and O–H groups in total. The van der Waals surface area contributed by atoms with Crippen LogP contribution in [0.4, 0.5) is 10.5 Å². The van der Waals surface area contributed by atoms with E-state index in [1.165, 1.54) is 4.90 Å². The van der Waals surface area contributed by atoms with Crippen LogP contribution in [-0.4, -0.2) is 42.1 Å². The van der Waals surface area contributed by atoms with Gasteiger partial charge in [0, 0.05) is 31.7 Å². The maximum Gasteiger partial charge on any atom is 0.324 e. The summed E-state index contributed by atoms with van der Waals surface area (Å²) in [4.78, 5) is 26.3. The Balaban J connectivity index is 1.99. The number of hydrogen-bond donors (Lipinski definition) is 1. The first-order valence-electron chi connectivity index (χ1n) is 6.69. The summed E-state index contributed by atoms with van der Waals surface area (Å²) in [6.07, 6.45) is 0. The molecule has 0 saturated carbocycles. The summed E-state index contributed by atoms with van der Waals surface area (Å²) in [5, 5.41) is 17.8. The first-order chi connectivity index (χ1) is 9.93. The summed E-state index contributed by atoms with van der Waals surface area (Å²) in [5.74, 6) is -1.27. The number of nitrogens with zero attached hydrogens (tertiary/aromatic N) is 3. The monoisotopic (exact) mass is 287 g/mol. The van der Waals surface area contributed by atoms with Gasteiger partial charge in [-0.25, -0.2) is 4.79 Å². The van der Waals surface area contributed by atoms with E-state index in [-0.39, 0.29) is 11.9 Å². The van der Waals surface area contributed by atoms with Gasteiger partial charge < -0.3 is 10.0 Å². The van der Waals surface area contributed by atoms with E-state index in [1.807, 2.05) is 6.07 Å². The lowest BCUT2D eigenvalue weighted by Crippen LogP contribution is -2.56. The van der Waals surface area contributed by atoms with E-state index in [1.54, 1.807) is 43.1 Å². The van der Waals surface area contributed by atoms with Gasteiger partial charge in [-0.1, -0.05) is 13.0 Å². The van der Waals surface area contributed by atoms with Gasteiger partial charge in [-0.3, -0.25) is 9.69 Å². The number of likely N-dealkylation sites (tertiary alicyclic amines) is 1. The molecule has 2 amide bonds. The lowest BCUT2D eigenvalue weighted by molar-refractivity contribution is -0.144. The smallest absolute Gasteiger partial charge is 0.324 e. The molecule has 1 aliphatic rings. The van der Waals surface area contributed by atoms with Crippen LogP contribution in [0.1, 0.15) is 12.5 Å². The molecule has 0 spiro atoms. The minimum Gasteiger partial charge on any atom is -0.481 e. The zero-order valence-corrected chi connectivity index (χ0v) is 12.0. The average molecular weight is 287 g/mol. The van der Waals surface area contributed by atoms with Gasteiger partial charge in [-0.15, -0.1) is 0 Å². The van der Waals surface area contributed by atoms with Crippen molar-refractivity contribution in [1.29, 1.82) is 5.26 Å². The van der Waals surface area contributed by atoms with Gasteiger partial charge in [0.05, 0.1) is 17.6 Å². The number of hydrogen-bond acceptors (Lipinski definition) is 3. The van der Waals surface area contributed by atoms with E-state index in [0.717, 1.165) is 0 Å². The molecule has 1 fully saturated rings. The second-order valence-electron chi connectivity index (χ2n) is 5.30. The van der Waals surface area contributed by atoms with E-state index in [2.05, 4.69) is 0 Å². The van der Waals surface area contributed by atoms with Gasteiger partial charge in [-0.2, -0.15) is 5.26 Å². The molecule has 1 aromatic carbocycles. The summed E-state index contributed by atoms with van der Waals surface area (Å²) in [6, 6.07) is 8.66. The predicted octanol–water partition coefficient (Wildman–Crippen LogP) is 1.77. The van der Waals surface area contributed by atoms with Crippen molar-refractivity contribution in [3.8, 4) is 6.07 Å². The second kappa shape index (κ2) is 5.83. The van der Waals surface area contributed by atoms with E-state index >= 15 is 0 Å². The third-order valence-electron chi connectivity index (χ3n) is 3.93. The van der Waals surface area contributed by atoms with Crippen LogP contribution in [0.25, 0.3) is 0 Å². The highest BCUT2D eigenvalue weighted by molar-refractivity contribution is 5.92. The van der Waals surface area contributed by atoms with Gasteiger partial charge in [0.25, 0.3) is 0 Å². The van der Waals surface area contributed by atoms with Gasteiger partial charge in [0.15, 0.2) is 0 Å². The number of carboxylic acids is 1. The number of aliphatic carboxylic acids is 1. The highest BCUT2D eigenvalue weighted by Crippen LogP contribution is 2.26. The van der Waals surface area contributed by atoms with E-state index in [9.17, 15) is 9.59 Å². The normalized spacial score (nSPS) is 15.8. The van der Waals surface area contributed by atoms with Gasteiger partial charge in [0.1, 0.15) is 0 Å². The minimum atomic E-state index is -0.831. The van der Waals surface area contributed by atoms with E-state index in [0.29, 0.717) is 24.3 Å². The SMILES string of the molecule is CC(C(=O)O)C1CN(C(=O)N(C)c2cccc(C#N)c2)C1. The molecule has 1 heterocycles. The molecule has 0 bridgehead atoms. The largest absolute Gasteiger partial charge is 0.481 e. The fourth-order valence-corrected chi connectivity index (χ4v) is 2.29. The molecule has 21 heavy (non-hydrogen) atoms. The molecule has 1 saturated heterocycles. The van der Waals surface area contributed by atoms with Crippen LogP contribution in [-0.2, 0) is 4.79 Å². The summed E-state index contributed by atoms with van der Waals surface area (Å²) in [5.41, 5.74) is 1.14. The third kappa shape index (κ3) is 2.97. The van der Waals surface area contributed by atoms with Crippen molar-refractivity contribution in [3.63, 3.8) is 0 Å². The highest BCUT2D eigenvalue weighted by atomic mass is 16.4. The Hall–Kier alpha value is -2.55. The summed E-state index contributed by atoms with van der Waals surface area (Å²) in [7, 11) is 1.65. The fraction of sp³-hybridized carbons (Fsp3) is 0.400. The number of anilines is 1. The van der Waals surface area contributed by atoms with Crippen molar-refractivity contribution < 1.29 is 14.7 Å². The maximum absolute atomic E-state index is 12.3. The van der Waals surface area contributed by atoms with Crippen molar-refractivity contribution in [2.45, 2.75) is 6.92 Å².